The van der Waals surface area contributed by atoms with Crippen molar-refractivity contribution in [3.8, 4) is 0 Å². The molecular weight excluding hydrogens is 385 g/mol. The van der Waals surface area contributed by atoms with Gasteiger partial charge in [0, 0.05) is 6.20 Å². The molecule has 0 spiro atoms. The van der Waals surface area contributed by atoms with Gasteiger partial charge < -0.3 is 5.32 Å². The van der Waals surface area contributed by atoms with E-state index in [9.17, 15) is 18.0 Å². The highest BCUT2D eigenvalue weighted by Gasteiger charge is 2.30. The molecule has 0 aliphatic carbocycles. The smallest absolute Gasteiger partial charge is 0.322 e. The van der Waals surface area contributed by atoms with Crippen LogP contribution in [0.25, 0.3) is 11.0 Å². The van der Waals surface area contributed by atoms with Crippen LogP contribution in [0.3, 0.4) is 0 Å². The third-order valence-corrected chi connectivity index (χ3v) is 4.23. The van der Waals surface area contributed by atoms with Crippen LogP contribution in [0.4, 0.5) is 18.9 Å². The summed E-state index contributed by atoms with van der Waals surface area (Å²) in [5, 5.41) is 14.7. The van der Waals surface area contributed by atoms with Crippen LogP contribution in [-0.2, 0) is 24.1 Å². The molecule has 0 fully saturated rings. The quantitative estimate of drug-likeness (QED) is 0.558. The van der Waals surface area contributed by atoms with Gasteiger partial charge in [0.15, 0.2) is 0 Å². The van der Waals surface area contributed by atoms with Crippen molar-refractivity contribution in [2.24, 2.45) is 0 Å². The fraction of sp³-hybridized carbons (Fsp3) is 0.158. The van der Waals surface area contributed by atoms with Crippen molar-refractivity contribution in [2.75, 3.05) is 5.32 Å². The molecule has 1 amide bonds. The van der Waals surface area contributed by atoms with Crippen molar-refractivity contribution in [3.63, 3.8) is 0 Å². The summed E-state index contributed by atoms with van der Waals surface area (Å²) in [7, 11) is 0. The van der Waals surface area contributed by atoms with E-state index in [0.29, 0.717) is 16.8 Å². The number of hydrogen-bond acceptors (Lipinski definition) is 4. The van der Waals surface area contributed by atoms with Crippen LogP contribution in [0.2, 0.25) is 0 Å². The van der Waals surface area contributed by atoms with Gasteiger partial charge in [0.05, 0.1) is 29.5 Å². The summed E-state index contributed by atoms with van der Waals surface area (Å²) < 4.78 is 41.4. The number of hydrogen-bond donors (Lipinski definition) is 1. The Balaban J connectivity index is 1.41. The Morgan fingerprint density at radius 2 is 1.93 bits per heavy atom. The molecule has 148 valence electrons. The molecule has 0 aliphatic heterocycles. The molecule has 4 rings (SSSR count). The minimum absolute atomic E-state index is 0.0285. The second-order valence-electron chi connectivity index (χ2n) is 6.41. The first-order valence-electron chi connectivity index (χ1n) is 8.65. The number of fused-ring (bicyclic) bond motifs is 1. The summed E-state index contributed by atoms with van der Waals surface area (Å²) in [5.41, 5.74) is 1.61. The lowest BCUT2D eigenvalue weighted by molar-refractivity contribution is -0.137. The third kappa shape index (κ3) is 4.26. The molecule has 0 atom stereocenters. The van der Waals surface area contributed by atoms with Crippen molar-refractivity contribution in [3.05, 3.63) is 72.1 Å². The summed E-state index contributed by atoms with van der Waals surface area (Å²) in [6.45, 7) is 0.118. The highest BCUT2D eigenvalue weighted by atomic mass is 19.4. The van der Waals surface area contributed by atoms with Crippen molar-refractivity contribution in [1.29, 1.82) is 0 Å². The second-order valence-corrected chi connectivity index (χ2v) is 6.41. The van der Waals surface area contributed by atoms with Crippen molar-refractivity contribution in [2.45, 2.75) is 19.3 Å². The Labute approximate surface area is 162 Å². The molecule has 0 radical (unpaired) electrons. The molecule has 29 heavy (non-hydrogen) atoms. The van der Waals surface area contributed by atoms with Crippen molar-refractivity contribution < 1.29 is 18.0 Å². The Morgan fingerprint density at radius 3 is 2.76 bits per heavy atom. The lowest BCUT2D eigenvalue weighted by Gasteiger charge is -2.08. The number of aromatic nitrogens is 5. The van der Waals surface area contributed by atoms with Gasteiger partial charge >= 0.3 is 6.18 Å². The van der Waals surface area contributed by atoms with E-state index in [1.54, 1.807) is 18.3 Å². The van der Waals surface area contributed by atoms with E-state index in [-0.39, 0.29) is 19.0 Å². The summed E-state index contributed by atoms with van der Waals surface area (Å²) in [6.07, 6.45) is -1.41. The monoisotopic (exact) mass is 400 g/mol. The minimum atomic E-state index is -4.40. The summed E-state index contributed by atoms with van der Waals surface area (Å²) in [4.78, 5) is 12.3. The molecule has 2 heterocycles. The number of halogens is 3. The van der Waals surface area contributed by atoms with Gasteiger partial charge in [-0.1, -0.05) is 29.5 Å². The normalized spacial score (nSPS) is 11.7. The lowest BCUT2D eigenvalue weighted by atomic mass is 10.1. The first-order valence-corrected chi connectivity index (χ1v) is 8.65. The van der Waals surface area contributed by atoms with Gasteiger partial charge in [-0.2, -0.15) is 18.3 Å². The van der Waals surface area contributed by atoms with E-state index < -0.39 is 11.7 Å². The van der Waals surface area contributed by atoms with Crippen LogP contribution in [0.5, 0.6) is 0 Å². The number of carbonyl (C=O) groups excluding carboxylic acids is 1. The Bertz CT molecular complexity index is 1160. The number of anilines is 1. The number of carbonyl (C=O) groups is 1. The molecule has 0 bridgehead atoms. The van der Waals surface area contributed by atoms with E-state index in [0.717, 1.165) is 17.6 Å². The van der Waals surface area contributed by atoms with E-state index in [2.05, 4.69) is 20.7 Å². The van der Waals surface area contributed by atoms with Crippen LogP contribution in [0.15, 0.2) is 60.9 Å². The molecule has 0 unspecified atom stereocenters. The topological polar surface area (TPSA) is 77.6 Å². The van der Waals surface area contributed by atoms with Gasteiger partial charge in [-0.05, 0) is 29.8 Å². The first kappa shape index (κ1) is 18.7. The summed E-state index contributed by atoms with van der Waals surface area (Å²) in [5.74, 6) is -0.320. The number of para-hydroxylation sites is 1. The minimum Gasteiger partial charge on any atom is -0.322 e. The number of alkyl halides is 3. The highest BCUT2D eigenvalue weighted by molar-refractivity contribution is 5.91. The predicted octanol–water partition coefficient (Wildman–Crippen LogP) is 3.33. The maximum Gasteiger partial charge on any atom is 0.416 e. The standard InChI is InChI=1S/C19H15F3N6O/c20-19(21,22)14-5-3-4-13(8-14)10-27-11-15(9-23-27)24-18(29)12-28-17-7-2-1-6-16(17)25-26-28/h1-9,11H,10,12H2,(H,24,29). The molecule has 7 nitrogen and oxygen atoms in total. The molecular formula is C19H15F3N6O. The number of benzene rings is 2. The molecule has 0 aliphatic rings. The van der Waals surface area contributed by atoms with E-state index in [4.69, 9.17) is 0 Å². The van der Waals surface area contributed by atoms with Gasteiger partial charge in [-0.25, -0.2) is 4.68 Å². The van der Waals surface area contributed by atoms with Crippen LogP contribution in [-0.4, -0.2) is 30.7 Å². The number of nitrogens with one attached hydrogen (secondary N) is 1. The van der Waals surface area contributed by atoms with Gasteiger partial charge in [-0.3, -0.25) is 9.48 Å². The fourth-order valence-electron chi connectivity index (χ4n) is 2.92. The summed E-state index contributed by atoms with van der Waals surface area (Å²) >= 11 is 0. The van der Waals surface area contributed by atoms with Crippen molar-refractivity contribution in [1.82, 2.24) is 24.8 Å². The van der Waals surface area contributed by atoms with E-state index in [1.165, 1.54) is 21.6 Å². The molecule has 0 saturated heterocycles. The van der Waals surface area contributed by atoms with Crippen LogP contribution >= 0.6 is 0 Å². The Hall–Kier alpha value is -3.69. The van der Waals surface area contributed by atoms with E-state index >= 15 is 0 Å². The molecule has 10 heteroatoms. The highest BCUT2D eigenvalue weighted by Crippen LogP contribution is 2.29. The van der Waals surface area contributed by atoms with Crippen molar-refractivity contribution >= 4 is 22.6 Å². The maximum atomic E-state index is 12.8. The zero-order chi connectivity index (χ0) is 20.4. The zero-order valence-corrected chi connectivity index (χ0v) is 15.0. The largest absolute Gasteiger partial charge is 0.416 e. The third-order valence-electron chi connectivity index (χ3n) is 4.23. The van der Waals surface area contributed by atoms with Crippen LogP contribution in [0, 0.1) is 0 Å². The molecule has 2 aromatic carbocycles. The average molecular weight is 400 g/mol. The molecule has 1 N–H and O–H groups in total. The summed E-state index contributed by atoms with van der Waals surface area (Å²) in [6, 6.07) is 12.3. The number of rotatable bonds is 5. The zero-order valence-electron chi connectivity index (χ0n) is 15.0. The maximum absolute atomic E-state index is 12.8. The van der Waals surface area contributed by atoms with Gasteiger partial charge in [0.2, 0.25) is 5.91 Å². The number of nitrogens with zero attached hydrogens (tertiary/aromatic N) is 5. The SMILES string of the molecule is O=C(Cn1nnc2ccccc21)Nc1cnn(Cc2cccc(C(F)(F)F)c2)c1. The average Bonchev–Trinajstić information content (AvgIpc) is 3.28. The van der Waals surface area contributed by atoms with Crippen LogP contribution in [0.1, 0.15) is 11.1 Å². The van der Waals surface area contributed by atoms with Gasteiger partial charge in [0.1, 0.15) is 12.1 Å². The predicted molar refractivity (Wildman–Crippen MR) is 98.9 cm³/mol. The van der Waals surface area contributed by atoms with E-state index in [1.807, 2.05) is 18.2 Å². The Kier molecular flexibility index (Phi) is 4.75. The molecule has 2 aromatic heterocycles. The van der Waals surface area contributed by atoms with Gasteiger partial charge in [0.25, 0.3) is 0 Å². The fourth-order valence-corrected chi connectivity index (χ4v) is 2.92. The Morgan fingerprint density at radius 1 is 1.10 bits per heavy atom. The number of amides is 1. The lowest BCUT2D eigenvalue weighted by Crippen LogP contribution is -2.19. The van der Waals surface area contributed by atoms with Crippen LogP contribution < -0.4 is 5.32 Å². The molecule has 0 saturated carbocycles. The molecule has 4 aromatic rings. The second kappa shape index (κ2) is 7.38. The first-order chi connectivity index (χ1) is 13.9. The van der Waals surface area contributed by atoms with Gasteiger partial charge in [-0.15, -0.1) is 5.10 Å².